The third-order valence-corrected chi connectivity index (χ3v) is 3.13. The highest BCUT2D eigenvalue weighted by molar-refractivity contribution is 7.89. The molecule has 1 aromatic heterocycles. The lowest BCUT2D eigenvalue weighted by Gasteiger charge is -2.04. The number of pyridine rings is 1. The fraction of sp³-hybridized carbons (Fsp3) is 0.200. The van der Waals surface area contributed by atoms with Crippen LogP contribution in [-0.2, 0) is 10.0 Å². The number of nitrogens with zero attached hydrogens (tertiary/aromatic N) is 2. The lowest BCUT2D eigenvalue weighted by molar-refractivity contribution is 0.585. The van der Waals surface area contributed by atoms with E-state index in [0.717, 1.165) is 0 Å². The Balaban J connectivity index is 3.07. The molecule has 0 radical (unpaired) electrons. The lowest BCUT2D eigenvalue weighted by Crippen LogP contribution is -2.25. The van der Waals surface area contributed by atoms with Crippen LogP contribution < -0.4 is 4.72 Å². The van der Waals surface area contributed by atoms with Crippen LogP contribution in [0, 0.1) is 23.2 Å². The zero-order valence-electron chi connectivity index (χ0n) is 8.56. The number of nitrogens with one attached hydrogen (secondary N) is 1. The van der Waals surface area contributed by atoms with Gasteiger partial charge >= 0.3 is 0 Å². The van der Waals surface area contributed by atoms with Crippen LogP contribution in [0.25, 0.3) is 0 Å². The van der Waals surface area contributed by atoms with Crippen LogP contribution >= 0.6 is 0 Å². The highest BCUT2D eigenvalue weighted by atomic mass is 32.2. The van der Waals surface area contributed by atoms with E-state index in [9.17, 15) is 8.42 Å². The second kappa shape index (κ2) is 5.26. The van der Waals surface area contributed by atoms with Gasteiger partial charge in [-0.05, 0) is 19.1 Å². The van der Waals surface area contributed by atoms with Gasteiger partial charge in [0.25, 0.3) is 0 Å². The van der Waals surface area contributed by atoms with Crippen LogP contribution in [0.3, 0.4) is 0 Å². The molecule has 0 unspecified atom stereocenters. The number of hydrogen-bond acceptors (Lipinski definition) is 4. The molecule has 0 aliphatic carbocycles. The first kappa shape index (κ1) is 12.2. The number of aromatic nitrogens is 1. The molecule has 0 aliphatic heterocycles. The maximum absolute atomic E-state index is 11.7. The maximum Gasteiger partial charge on any atom is 0.244 e. The van der Waals surface area contributed by atoms with Gasteiger partial charge in [0.05, 0.1) is 6.54 Å². The van der Waals surface area contributed by atoms with Gasteiger partial charge < -0.3 is 0 Å². The van der Waals surface area contributed by atoms with Crippen LogP contribution in [-0.4, -0.2) is 19.9 Å². The van der Waals surface area contributed by atoms with Gasteiger partial charge in [-0.15, -0.1) is 5.92 Å². The number of hydrogen-bond donors (Lipinski definition) is 1. The molecule has 1 N–H and O–H groups in total. The quantitative estimate of drug-likeness (QED) is 0.761. The SMILES string of the molecule is CC#CCNS(=O)(=O)c1cccnc1C#N. The largest absolute Gasteiger partial charge is 0.244 e. The molecule has 0 saturated carbocycles. The van der Waals surface area contributed by atoms with E-state index in [-0.39, 0.29) is 17.1 Å². The number of nitriles is 1. The fourth-order valence-corrected chi connectivity index (χ4v) is 2.02. The molecule has 1 aromatic rings. The Morgan fingerprint density at radius 2 is 2.31 bits per heavy atom. The van der Waals surface area contributed by atoms with E-state index in [1.807, 2.05) is 0 Å². The summed E-state index contributed by atoms with van der Waals surface area (Å²) in [5.41, 5.74) is -0.126. The Labute approximate surface area is 94.2 Å². The summed E-state index contributed by atoms with van der Waals surface area (Å²) in [5.74, 6) is 5.13. The zero-order valence-corrected chi connectivity index (χ0v) is 9.37. The number of sulfonamides is 1. The van der Waals surface area contributed by atoms with Crippen molar-refractivity contribution in [3.05, 3.63) is 24.0 Å². The van der Waals surface area contributed by atoms with E-state index >= 15 is 0 Å². The summed E-state index contributed by atoms with van der Waals surface area (Å²) in [6.07, 6.45) is 1.36. The Bertz CT molecular complexity index is 576. The monoisotopic (exact) mass is 235 g/mol. The Hall–Kier alpha value is -1.89. The van der Waals surface area contributed by atoms with E-state index in [0.29, 0.717) is 0 Å². The molecule has 1 rings (SSSR count). The highest BCUT2D eigenvalue weighted by Crippen LogP contribution is 2.10. The molecule has 0 atom stereocenters. The zero-order chi connectivity index (χ0) is 12.0. The smallest absolute Gasteiger partial charge is 0.244 e. The fourth-order valence-electron chi connectivity index (χ4n) is 0.989. The Kier molecular flexibility index (Phi) is 4.01. The van der Waals surface area contributed by atoms with Crippen molar-refractivity contribution >= 4 is 10.0 Å². The van der Waals surface area contributed by atoms with E-state index in [1.54, 1.807) is 13.0 Å². The van der Waals surface area contributed by atoms with Gasteiger partial charge in [0.1, 0.15) is 11.0 Å². The van der Waals surface area contributed by atoms with E-state index < -0.39 is 10.0 Å². The minimum atomic E-state index is -3.71. The van der Waals surface area contributed by atoms with Crippen LogP contribution in [0.15, 0.2) is 23.2 Å². The summed E-state index contributed by atoms with van der Waals surface area (Å²) in [4.78, 5) is 3.55. The summed E-state index contributed by atoms with van der Waals surface area (Å²) in [6, 6.07) is 4.51. The van der Waals surface area contributed by atoms with Crippen LogP contribution in [0.2, 0.25) is 0 Å². The first-order valence-corrected chi connectivity index (χ1v) is 5.84. The van der Waals surface area contributed by atoms with Gasteiger partial charge in [0.2, 0.25) is 10.0 Å². The third kappa shape index (κ3) is 2.80. The number of rotatable bonds is 3. The van der Waals surface area contributed by atoms with Gasteiger partial charge in [-0.2, -0.15) is 9.98 Å². The summed E-state index contributed by atoms with van der Waals surface area (Å²) < 4.78 is 25.7. The molecule has 6 heteroatoms. The second-order valence-corrected chi connectivity index (χ2v) is 4.45. The molecule has 16 heavy (non-hydrogen) atoms. The Morgan fingerprint density at radius 3 is 2.94 bits per heavy atom. The second-order valence-electron chi connectivity index (χ2n) is 2.71. The van der Waals surface area contributed by atoms with E-state index in [2.05, 4.69) is 21.5 Å². The van der Waals surface area contributed by atoms with Gasteiger partial charge in [-0.25, -0.2) is 13.4 Å². The maximum atomic E-state index is 11.7. The molecule has 0 aromatic carbocycles. The lowest BCUT2D eigenvalue weighted by atomic mass is 10.4. The van der Waals surface area contributed by atoms with Crippen LogP contribution in [0.1, 0.15) is 12.6 Å². The molecule has 0 amide bonds. The molecule has 0 aliphatic rings. The van der Waals surface area contributed by atoms with Crippen molar-refractivity contribution in [2.24, 2.45) is 0 Å². The Morgan fingerprint density at radius 1 is 1.56 bits per heavy atom. The van der Waals surface area contributed by atoms with Crippen molar-refractivity contribution in [1.82, 2.24) is 9.71 Å². The predicted molar refractivity (Wildman–Crippen MR) is 57.6 cm³/mol. The van der Waals surface area contributed by atoms with Crippen molar-refractivity contribution in [2.75, 3.05) is 6.54 Å². The molecular weight excluding hydrogens is 226 g/mol. The molecule has 82 valence electrons. The van der Waals surface area contributed by atoms with Gasteiger partial charge in [0, 0.05) is 6.20 Å². The van der Waals surface area contributed by atoms with Crippen molar-refractivity contribution in [1.29, 1.82) is 5.26 Å². The average Bonchev–Trinajstić information content (AvgIpc) is 2.29. The minimum Gasteiger partial charge on any atom is -0.244 e. The molecular formula is C10H9N3O2S. The first-order chi connectivity index (χ1) is 7.61. The highest BCUT2D eigenvalue weighted by Gasteiger charge is 2.17. The summed E-state index contributed by atoms with van der Waals surface area (Å²) in [5, 5.41) is 8.72. The van der Waals surface area contributed by atoms with Gasteiger partial charge in [0.15, 0.2) is 5.69 Å². The van der Waals surface area contributed by atoms with Crippen LogP contribution in [0.4, 0.5) is 0 Å². The van der Waals surface area contributed by atoms with Gasteiger partial charge in [-0.1, -0.05) is 5.92 Å². The van der Waals surface area contributed by atoms with E-state index in [4.69, 9.17) is 5.26 Å². The molecule has 5 nitrogen and oxygen atoms in total. The third-order valence-electron chi connectivity index (χ3n) is 1.69. The van der Waals surface area contributed by atoms with Crippen molar-refractivity contribution in [2.45, 2.75) is 11.8 Å². The topological polar surface area (TPSA) is 82.8 Å². The predicted octanol–water partition coefficient (Wildman–Crippen LogP) is 0.255. The van der Waals surface area contributed by atoms with E-state index in [1.165, 1.54) is 18.3 Å². The molecule has 1 heterocycles. The molecule has 0 bridgehead atoms. The first-order valence-electron chi connectivity index (χ1n) is 4.36. The summed E-state index contributed by atoms with van der Waals surface area (Å²) in [7, 11) is -3.71. The van der Waals surface area contributed by atoms with Crippen molar-refractivity contribution in [3.63, 3.8) is 0 Å². The van der Waals surface area contributed by atoms with Crippen LogP contribution in [0.5, 0.6) is 0 Å². The normalized spacial score (nSPS) is 10.0. The molecule has 0 spiro atoms. The van der Waals surface area contributed by atoms with Crippen molar-refractivity contribution in [3.8, 4) is 17.9 Å². The standard InChI is InChI=1S/C10H9N3O2S/c1-2-3-7-13-16(14,15)10-5-4-6-12-9(10)8-11/h4-6,13H,7H2,1H3. The summed E-state index contributed by atoms with van der Waals surface area (Å²) in [6.45, 7) is 1.62. The average molecular weight is 235 g/mol. The van der Waals surface area contributed by atoms with Crippen molar-refractivity contribution < 1.29 is 8.42 Å². The van der Waals surface area contributed by atoms with Gasteiger partial charge in [-0.3, -0.25) is 0 Å². The molecule has 0 fully saturated rings. The minimum absolute atomic E-state index is 0.0125. The summed E-state index contributed by atoms with van der Waals surface area (Å²) >= 11 is 0. The molecule has 0 saturated heterocycles.